The number of ether oxygens (including phenoxy) is 1. The second-order valence-corrected chi connectivity index (χ2v) is 6.55. The van der Waals surface area contributed by atoms with Crippen molar-refractivity contribution in [1.29, 1.82) is 0 Å². The number of methoxy groups -OCH3 is 1. The van der Waals surface area contributed by atoms with Crippen molar-refractivity contribution in [2.24, 2.45) is 0 Å². The van der Waals surface area contributed by atoms with Crippen LogP contribution in [0.1, 0.15) is 23.7 Å². The number of fused-ring (bicyclic) bond motifs is 2. The van der Waals surface area contributed by atoms with Gasteiger partial charge in [-0.2, -0.15) is 0 Å². The summed E-state index contributed by atoms with van der Waals surface area (Å²) < 4.78 is 29.3. The van der Waals surface area contributed by atoms with Crippen molar-refractivity contribution in [1.82, 2.24) is 0 Å². The number of rotatable bonds is 7. The van der Waals surface area contributed by atoms with Gasteiger partial charge in [-0.15, -0.1) is 0 Å². The highest BCUT2D eigenvalue weighted by Gasteiger charge is 2.43. The molecule has 2 aliphatic rings. The molecule has 2 unspecified atom stereocenters. The number of benzene rings is 2. The molecular formula is C19H22B2O5. The molecule has 134 valence electrons. The zero-order valence-corrected chi connectivity index (χ0v) is 15.1. The topological polar surface area (TPSA) is 46.2 Å². The molecule has 2 aromatic rings. The van der Waals surface area contributed by atoms with E-state index in [-0.39, 0.29) is 26.4 Å². The van der Waals surface area contributed by atoms with Gasteiger partial charge in [0.2, 0.25) is 0 Å². The van der Waals surface area contributed by atoms with Crippen molar-refractivity contribution in [3.63, 3.8) is 0 Å². The minimum atomic E-state index is -0.384. The summed E-state index contributed by atoms with van der Waals surface area (Å²) in [6, 6.07) is 16.3. The van der Waals surface area contributed by atoms with Crippen LogP contribution in [0.25, 0.3) is 0 Å². The first kappa shape index (κ1) is 17.8. The first-order valence-corrected chi connectivity index (χ1v) is 8.92. The van der Waals surface area contributed by atoms with Crippen molar-refractivity contribution in [2.75, 3.05) is 20.8 Å². The molecule has 0 fully saturated rings. The highest BCUT2D eigenvalue weighted by atomic mass is 16.6. The van der Waals surface area contributed by atoms with E-state index < -0.39 is 0 Å². The Kier molecular flexibility index (Phi) is 5.43. The van der Waals surface area contributed by atoms with Gasteiger partial charge in [-0.1, -0.05) is 48.5 Å². The molecule has 2 aliphatic heterocycles. The van der Waals surface area contributed by atoms with Crippen LogP contribution in [0.2, 0.25) is 0 Å². The van der Waals surface area contributed by atoms with Crippen LogP contribution >= 0.6 is 0 Å². The third kappa shape index (κ3) is 3.33. The van der Waals surface area contributed by atoms with E-state index in [0.29, 0.717) is 19.6 Å². The third-order valence-corrected chi connectivity index (χ3v) is 4.98. The average molecular weight is 352 g/mol. The van der Waals surface area contributed by atoms with Gasteiger partial charge in [0, 0.05) is 20.8 Å². The molecule has 0 saturated carbocycles. The van der Waals surface area contributed by atoms with Gasteiger partial charge >= 0.3 is 14.2 Å². The summed E-state index contributed by atoms with van der Waals surface area (Å²) >= 11 is 0. The smallest absolute Gasteiger partial charge is 0.410 e. The molecule has 2 atom stereocenters. The summed E-state index contributed by atoms with van der Waals surface area (Å²) in [6.45, 7) is 1.15. The van der Waals surface area contributed by atoms with Crippen LogP contribution in [-0.4, -0.2) is 41.2 Å². The Balaban J connectivity index is 1.58. The molecular weight excluding hydrogens is 330 g/mol. The molecule has 26 heavy (non-hydrogen) atoms. The molecule has 2 heterocycles. The molecule has 0 aromatic heterocycles. The molecule has 7 heteroatoms. The van der Waals surface area contributed by atoms with Crippen LogP contribution in [0, 0.1) is 0 Å². The lowest BCUT2D eigenvalue weighted by Crippen LogP contribution is -2.39. The van der Waals surface area contributed by atoms with Gasteiger partial charge < -0.3 is 23.4 Å². The number of hydrogen-bond acceptors (Lipinski definition) is 5. The van der Waals surface area contributed by atoms with Crippen LogP contribution in [0.5, 0.6) is 0 Å². The second-order valence-electron chi connectivity index (χ2n) is 6.55. The van der Waals surface area contributed by atoms with E-state index in [1.54, 1.807) is 14.2 Å². The largest absolute Gasteiger partial charge is 0.494 e. The Hall–Kier alpha value is -1.63. The maximum atomic E-state index is 6.39. The molecule has 5 nitrogen and oxygen atoms in total. The number of hydrogen-bond donors (Lipinski definition) is 0. The van der Waals surface area contributed by atoms with Crippen LogP contribution in [-0.2, 0) is 30.0 Å². The van der Waals surface area contributed by atoms with E-state index in [1.807, 2.05) is 30.3 Å². The predicted octanol–water partition coefficient (Wildman–Crippen LogP) is 1.45. The van der Waals surface area contributed by atoms with Gasteiger partial charge in [-0.3, -0.25) is 0 Å². The van der Waals surface area contributed by atoms with Crippen molar-refractivity contribution in [3.05, 3.63) is 59.7 Å². The summed E-state index contributed by atoms with van der Waals surface area (Å²) in [7, 11) is 2.59. The lowest BCUT2D eigenvalue weighted by molar-refractivity contribution is 0.0119. The van der Waals surface area contributed by atoms with E-state index in [1.165, 1.54) is 5.56 Å². The van der Waals surface area contributed by atoms with Gasteiger partial charge in [-0.25, -0.2) is 0 Å². The van der Waals surface area contributed by atoms with Gasteiger partial charge in [0.05, 0.1) is 18.8 Å². The summed E-state index contributed by atoms with van der Waals surface area (Å²) in [4.78, 5) is 0. The van der Waals surface area contributed by atoms with E-state index in [4.69, 9.17) is 23.4 Å². The van der Waals surface area contributed by atoms with Crippen LogP contribution in [0.3, 0.4) is 0 Å². The molecule has 0 bridgehead atoms. The Morgan fingerprint density at radius 1 is 1.04 bits per heavy atom. The van der Waals surface area contributed by atoms with E-state index in [2.05, 4.69) is 18.2 Å². The summed E-state index contributed by atoms with van der Waals surface area (Å²) in [6.07, 6.45) is 0.281. The zero-order chi connectivity index (χ0) is 17.9. The first-order valence-electron chi connectivity index (χ1n) is 8.92. The van der Waals surface area contributed by atoms with Crippen LogP contribution < -0.4 is 10.9 Å². The minimum Gasteiger partial charge on any atom is -0.410 e. The lowest BCUT2D eigenvalue weighted by atomic mass is 9.77. The zero-order valence-electron chi connectivity index (χ0n) is 15.1. The normalized spacial score (nSPS) is 19.5. The summed E-state index contributed by atoms with van der Waals surface area (Å²) in [5, 5.41) is 0. The molecule has 2 aromatic carbocycles. The Bertz CT molecular complexity index is 756. The van der Waals surface area contributed by atoms with Gasteiger partial charge in [0.1, 0.15) is 0 Å². The monoisotopic (exact) mass is 352 g/mol. The van der Waals surface area contributed by atoms with Crippen LogP contribution in [0.4, 0.5) is 0 Å². The molecule has 4 rings (SSSR count). The predicted molar refractivity (Wildman–Crippen MR) is 101 cm³/mol. The Labute approximate surface area is 154 Å². The van der Waals surface area contributed by atoms with Crippen molar-refractivity contribution in [2.45, 2.75) is 25.2 Å². The average Bonchev–Trinajstić information content (AvgIpc) is 3.26. The highest BCUT2D eigenvalue weighted by Crippen LogP contribution is 2.32. The Morgan fingerprint density at radius 2 is 1.81 bits per heavy atom. The molecule has 0 saturated heterocycles. The molecule has 0 amide bonds. The summed E-state index contributed by atoms with van der Waals surface area (Å²) in [5.74, 6) is 0. The second kappa shape index (κ2) is 7.94. The fraction of sp³-hybridized carbons (Fsp3) is 0.368. The quantitative estimate of drug-likeness (QED) is 0.706. The molecule has 0 spiro atoms. The maximum Gasteiger partial charge on any atom is 0.494 e. The van der Waals surface area contributed by atoms with Crippen molar-refractivity contribution in [3.8, 4) is 0 Å². The molecule has 0 N–H and O–H groups in total. The van der Waals surface area contributed by atoms with Gasteiger partial charge in [0.25, 0.3) is 0 Å². The fourth-order valence-corrected chi connectivity index (χ4v) is 3.68. The SMILES string of the molecule is COCCC(OB1OCc2ccccc21)C1OB(OC)c2ccccc21. The van der Waals surface area contributed by atoms with Crippen molar-refractivity contribution >= 4 is 25.2 Å². The minimum absolute atomic E-state index is 0.201. The standard InChI is InChI=1S/C19H22B2O5/c1-22-12-11-18(25-21-16-9-5-3-7-14(16)13-24-21)19-15-8-4-6-10-17(15)20(23-2)26-19/h3-10,18-19H,11-13H2,1-2H3. The van der Waals surface area contributed by atoms with Gasteiger partial charge in [0.15, 0.2) is 0 Å². The van der Waals surface area contributed by atoms with Crippen molar-refractivity contribution < 1.29 is 23.4 Å². The lowest BCUT2D eigenvalue weighted by Gasteiger charge is -2.27. The van der Waals surface area contributed by atoms with Crippen LogP contribution in [0.15, 0.2) is 48.5 Å². The molecule has 0 radical (unpaired) electrons. The fourth-order valence-electron chi connectivity index (χ4n) is 3.68. The highest BCUT2D eigenvalue weighted by molar-refractivity contribution is 6.63. The Morgan fingerprint density at radius 3 is 2.62 bits per heavy atom. The van der Waals surface area contributed by atoms with Gasteiger partial charge in [-0.05, 0) is 28.5 Å². The van der Waals surface area contributed by atoms with E-state index in [0.717, 1.165) is 16.5 Å². The third-order valence-electron chi connectivity index (χ3n) is 4.98. The summed E-state index contributed by atoms with van der Waals surface area (Å²) in [5.41, 5.74) is 4.42. The first-order chi connectivity index (χ1) is 12.8. The maximum absolute atomic E-state index is 6.39. The van der Waals surface area contributed by atoms with E-state index >= 15 is 0 Å². The molecule has 0 aliphatic carbocycles. The van der Waals surface area contributed by atoms with E-state index in [9.17, 15) is 0 Å².